The van der Waals surface area contributed by atoms with E-state index in [1.165, 1.54) is 9.35 Å². The highest BCUT2D eigenvalue weighted by Gasteiger charge is 2.08. The van der Waals surface area contributed by atoms with Gasteiger partial charge in [-0.3, -0.25) is 0 Å². The number of rotatable bonds is 3. The zero-order chi connectivity index (χ0) is 8.27. The lowest BCUT2D eigenvalue weighted by molar-refractivity contribution is 0.699. The number of nitrogens with two attached hydrogens (primary N) is 1. The average molecular weight is 234 g/mol. The monoisotopic (exact) mass is 233 g/mol. The molecule has 0 amide bonds. The summed E-state index contributed by atoms with van der Waals surface area (Å²) in [4.78, 5) is 1.41. The first-order valence-electron chi connectivity index (χ1n) is 3.68. The van der Waals surface area contributed by atoms with Crippen LogP contribution < -0.4 is 5.73 Å². The molecule has 1 nitrogen and oxygen atoms in total. The molecule has 0 saturated carbocycles. The molecule has 2 N–H and O–H groups in total. The Morgan fingerprint density at radius 2 is 2.45 bits per heavy atom. The first kappa shape index (κ1) is 9.23. The van der Waals surface area contributed by atoms with Gasteiger partial charge in [0.15, 0.2) is 0 Å². The van der Waals surface area contributed by atoms with Crippen molar-refractivity contribution < 1.29 is 0 Å². The van der Waals surface area contributed by atoms with E-state index in [-0.39, 0.29) is 0 Å². The molecule has 1 rings (SSSR count). The standard InChI is InChI=1S/C8H12BrNS/c1-6(2-4-10)8-7(9)3-5-11-8/h3,5-6H,2,4,10H2,1H3. The number of thiophene rings is 1. The van der Waals surface area contributed by atoms with Crippen molar-refractivity contribution in [3.63, 3.8) is 0 Å². The molecule has 1 aromatic heterocycles. The summed E-state index contributed by atoms with van der Waals surface area (Å²) in [7, 11) is 0. The van der Waals surface area contributed by atoms with Gasteiger partial charge in [-0.1, -0.05) is 6.92 Å². The SMILES string of the molecule is CC(CCN)c1sccc1Br. The van der Waals surface area contributed by atoms with Crippen molar-refractivity contribution in [1.82, 2.24) is 0 Å². The van der Waals surface area contributed by atoms with Gasteiger partial charge in [-0.25, -0.2) is 0 Å². The van der Waals surface area contributed by atoms with Crippen molar-refractivity contribution in [2.75, 3.05) is 6.54 Å². The van der Waals surface area contributed by atoms with E-state index in [1.807, 2.05) is 0 Å². The van der Waals surface area contributed by atoms with Gasteiger partial charge < -0.3 is 5.73 Å². The molecule has 0 saturated heterocycles. The number of hydrogen-bond donors (Lipinski definition) is 1. The maximum atomic E-state index is 5.47. The van der Waals surface area contributed by atoms with Gasteiger partial charge in [0.2, 0.25) is 0 Å². The maximum absolute atomic E-state index is 5.47. The molecule has 62 valence electrons. The van der Waals surface area contributed by atoms with Crippen LogP contribution in [-0.4, -0.2) is 6.54 Å². The minimum Gasteiger partial charge on any atom is -0.330 e. The second-order valence-corrected chi connectivity index (χ2v) is 4.41. The lowest BCUT2D eigenvalue weighted by Crippen LogP contribution is -2.03. The highest BCUT2D eigenvalue weighted by atomic mass is 79.9. The number of hydrogen-bond acceptors (Lipinski definition) is 2. The van der Waals surface area contributed by atoms with Crippen LogP contribution in [0.3, 0.4) is 0 Å². The Balaban J connectivity index is 2.67. The molecule has 1 unspecified atom stereocenters. The minimum atomic E-state index is 0.592. The highest BCUT2D eigenvalue weighted by Crippen LogP contribution is 2.31. The van der Waals surface area contributed by atoms with Crippen molar-refractivity contribution >= 4 is 27.3 Å². The molecular formula is C8H12BrNS. The lowest BCUT2D eigenvalue weighted by Gasteiger charge is -2.07. The van der Waals surface area contributed by atoms with Gasteiger partial charge in [0.05, 0.1) is 0 Å². The third-order valence-corrected chi connectivity index (χ3v) is 3.79. The van der Waals surface area contributed by atoms with E-state index >= 15 is 0 Å². The lowest BCUT2D eigenvalue weighted by atomic mass is 10.1. The molecule has 1 aromatic rings. The third-order valence-electron chi connectivity index (χ3n) is 1.69. The predicted molar refractivity (Wildman–Crippen MR) is 54.1 cm³/mol. The number of halogens is 1. The topological polar surface area (TPSA) is 26.0 Å². The Morgan fingerprint density at radius 3 is 2.91 bits per heavy atom. The first-order chi connectivity index (χ1) is 5.25. The molecule has 1 heterocycles. The Labute approximate surface area is 79.7 Å². The average Bonchev–Trinajstić information content (AvgIpc) is 2.36. The van der Waals surface area contributed by atoms with Crippen LogP contribution in [0, 0.1) is 0 Å². The minimum absolute atomic E-state index is 0.592. The summed E-state index contributed by atoms with van der Waals surface area (Å²) < 4.78 is 1.23. The molecule has 0 aromatic carbocycles. The van der Waals surface area contributed by atoms with Gasteiger partial charge in [-0.15, -0.1) is 11.3 Å². The summed E-state index contributed by atoms with van der Waals surface area (Å²) >= 11 is 5.30. The van der Waals surface area contributed by atoms with E-state index in [4.69, 9.17) is 5.73 Å². The van der Waals surface area contributed by atoms with Crippen LogP contribution in [0.5, 0.6) is 0 Å². The largest absolute Gasteiger partial charge is 0.330 e. The van der Waals surface area contributed by atoms with Crippen LogP contribution in [-0.2, 0) is 0 Å². The third kappa shape index (κ3) is 2.29. The van der Waals surface area contributed by atoms with Gasteiger partial charge in [0, 0.05) is 9.35 Å². The molecule has 0 radical (unpaired) electrons. The van der Waals surface area contributed by atoms with Crippen LogP contribution in [0.15, 0.2) is 15.9 Å². The van der Waals surface area contributed by atoms with Crippen molar-refractivity contribution in [2.45, 2.75) is 19.3 Å². The Morgan fingerprint density at radius 1 is 1.73 bits per heavy atom. The van der Waals surface area contributed by atoms with E-state index in [1.54, 1.807) is 11.3 Å². The summed E-state index contributed by atoms with van der Waals surface area (Å²) in [6.45, 7) is 2.98. The normalized spacial score (nSPS) is 13.4. The van der Waals surface area contributed by atoms with Gasteiger partial charge in [0.1, 0.15) is 0 Å². The fourth-order valence-corrected chi connectivity index (χ4v) is 2.90. The highest BCUT2D eigenvalue weighted by molar-refractivity contribution is 9.10. The second-order valence-electron chi connectivity index (χ2n) is 2.61. The summed E-state index contributed by atoms with van der Waals surface area (Å²) in [5, 5.41) is 2.10. The summed E-state index contributed by atoms with van der Waals surface area (Å²) in [5.74, 6) is 0.592. The summed E-state index contributed by atoms with van der Waals surface area (Å²) in [5.41, 5.74) is 5.47. The molecule has 0 aliphatic heterocycles. The van der Waals surface area contributed by atoms with Gasteiger partial charge in [-0.05, 0) is 46.3 Å². The van der Waals surface area contributed by atoms with E-state index in [0.717, 1.165) is 13.0 Å². The van der Waals surface area contributed by atoms with Crippen LogP contribution in [0.4, 0.5) is 0 Å². The fourth-order valence-electron chi connectivity index (χ4n) is 1.04. The molecule has 1 atom stereocenters. The van der Waals surface area contributed by atoms with Crippen LogP contribution in [0.25, 0.3) is 0 Å². The molecule has 11 heavy (non-hydrogen) atoms. The molecule has 0 spiro atoms. The fraction of sp³-hybridized carbons (Fsp3) is 0.500. The molecule has 3 heteroatoms. The van der Waals surface area contributed by atoms with E-state index in [2.05, 4.69) is 34.3 Å². The predicted octanol–water partition coefficient (Wildman–Crippen LogP) is 2.96. The van der Waals surface area contributed by atoms with Crippen LogP contribution in [0.2, 0.25) is 0 Å². The zero-order valence-corrected chi connectivity index (χ0v) is 8.91. The van der Waals surface area contributed by atoms with Crippen molar-refractivity contribution in [2.24, 2.45) is 5.73 Å². The molecule has 0 fully saturated rings. The van der Waals surface area contributed by atoms with E-state index in [0.29, 0.717) is 5.92 Å². The maximum Gasteiger partial charge on any atom is 0.0317 e. The summed E-state index contributed by atoms with van der Waals surface area (Å²) in [6, 6.07) is 2.09. The molecular weight excluding hydrogens is 222 g/mol. The summed E-state index contributed by atoms with van der Waals surface area (Å²) in [6.07, 6.45) is 1.07. The molecule has 0 bridgehead atoms. The van der Waals surface area contributed by atoms with Gasteiger partial charge in [0.25, 0.3) is 0 Å². The quantitative estimate of drug-likeness (QED) is 0.854. The molecule has 0 aliphatic rings. The molecule has 0 aliphatic carbocycles. The zero-order valence-electron chi connectivity index (χ0n) is 6.51. The van der Waals surface area contributed by atoms with E-state index in [9.17, 15) is 0 Å². The Bertz CT molecular complexity index is 222. The smallest absolute Gasteiger partial charge is 0.0317 e. The van der Waals surface area contributed by atoms with E-state index < -0.39 is 0 Å². The van der Waals surface area contributed by atoms with Crippen LogP contribution in [0.1, 0.15) is 24.1 Å². The Hall–Kier alpha value is 0.140. The van der Waals surface area contributed by atoms with Gasteiger partial charge in [-0.2, -0.15) is 0 Å². The second kappa shape index (κ2) is 4.24. The van der Waals surface area contributed by atoms with Crippen LogP contribution >= 0.6 is 27.3 Å². The van der Waals surface area contributed by atoms with Crippen molar-refractivity contribution in [3.8, 4) is 0 Å². The van der Waals surface area contributed by atoms with Gasteiger partial charge >= 0.3 is 0 Å². The first-order valence-corrected chi connectivity index (χ1v) is 5.36. The Kier molecular flexibility index (Phi) is 3.55. The van der Waals surface area contributed by atoms with Crippen molar-refractivity contribution in [1.29, 1.82) is 0 Å². The van der Waals surface area contributed by atoms with Crippen molar-refractivity contribution in [3.05, 3.63) is 20.8 Å².